The van der Waals surface area contributed by atoms with Gasteiger partial charge in [-0.25, -0.2) is 9.78 Å². The molecule has 4 rings (SSSR count). The van der Waals surface area contributed by atoms with Crippen molar-refractivity contribution in [2.24, 2.45) is 5.73 Å². The van der Waals surface area contributed by atoms with E-state index in [2.05, 4.69) is 28.6 Å². The van der Waals surface area contributed by atoms with Crippen molar-refractivity contribution >= 4 is 17.8 Å². The molecule has 2 aliphatic rings. The van der Waals surface area contributed by atoms with Gasteiger partial charge in [0, 0.05) is 46.3 Å². The molecule has 182 valence electrons. The zero-order valence-electron chi connectivity index (χ0n) is 19.8. The molecule has 10 heteroatoms. The van der Waals surface area contributed by atoms with E-state index in [1.807, 2.05) is 12.1 Å². The van der Waals surface area contributed by atoms with Gasteiger partial charge in [-0.3, -0.25) is 9.59 Å². The number of ether oxygens (including phenoxy) is 1. The molecule has 1 saturated heterocycles. The van der Waals surface area contributed by atoms with Crippen molar-refractivity contribution in [1.82, 2.24) is 24.3 Å². The lowest BCUT2D eigenvalue weighted by atomic mass is 10.0. The summed E-state index contributed by atoms with van der Waals surface area (Å²) in [6.45, 7) is 4.72. The van der Waals surface area contributed by atoms with Crippen LogP contribution in [-0.2, 0) is 33.8 Å². The summed E-state index contributed by atoms with van der Waals surface area (Å²) in [5.74, 6) is -0.362. The van der Waals surface area contributed by atoms with Crippen LogP contribution in [-0.4, -0.2) is 88.0 Å². The van der Waals surface area contributed by atoms with E-state index in [0.717, 1.165) is 11.4 Å². The molecule has 0 radical (unpaired) electrons. The van der Waals surface area contributed by atoms with Crippen molar-refractivity contribution in [3.05, 3.63) is 53.1 Å². The number of primary amides is 1. The number of aryl methyl sites for hydroxylation is 1. The number of amides is 4. The van der Waals surface area contributed by atoms with Crippen LogP contribution in [0.3, 0.4) is 0 Å². The van der Waals surface area contributed by atoms with E-state index < -0.39 is 12.1 Å². The Kier molecular flexibility index (Phi) is 7.16. The van der Waals surface area contributed by atoms with Gasteiger partial charge in [0.1, 0.15) is 12.6 Å². The van der Waals surface area contributed by atoms with Gasteiger partial charge >= 0.3 is 6.03 Å². The highest BCUT2D eigenvalue weighted by atomic mass is 16.5. The minimum absolute atomic E-state index is 0.0967. The largest absolute Gasteiger partial charge is 0.375 e. The number of hydrogen-bond donors (Lipinski definition) is 1. The van der Waals surface area contributed by atoms with Crippen LogP contribution in [0, 0.1) is 6.92 Å². The van der Waals surface area contributed by atoms with E-state index in [1.54, 1.807) is 21.0 Å². The van der Waals surface area contributed by atoms with Crippen LogP contribution in [0.5, 0.6) is 0 Å². The number of rotatable bonds is 5. The molecule has 2 N–H and O–H groups in total. The fourth-order valence-corrected chi connectivity index (χ4v) is 4.73. The summed E-state index contributed by atoms with van der Waals surface area (Å²) >= 11 is 0. The lowest BCUT2D eigenvalue weighted by Gasteiger charge is -2.37. The molecule has 1 unspecified atom stereocenters. The van der Waals surface area contributed by atoms with Crippen LogP contribution in [0.25, 0.3) is 0 Å². The van der Waals surface area contributed by atoms with Crippen molar-refractivity contribution < 1.29 is 19.1 Å². The Bertz CT molecular complexity index is 1070. The Hall–Kier alpha value is -3.40. The number of aromatic nitrogens is 2. The van der Waals surface area contributed by atoms with Crippen LogP contribution < -0.4 is 5.73 Å². The molecule has 10 nitrogen and oxygen atoms in total. The summed E-state index contributed by atoms with van der Waals surface area (Å²) in [5.41, 5.74) is 9.56. The normalized spacial score (nSPS) is 18.4. The number of hydrogen-bond acceptors (Lipinski definition) is 5. The highest BCUT2D eigenvalue weighted by molar-refractivity contribution is 5.89. The smallest absolute Gasteiger partial charge is 0.314 e. The summed E-state index contributed by atoms with van der Waals surface area (Å²) in [6, 6.07) is 7.04. The van der Waals surface area contributed by atoms with Crippen LogP contribution >= 0.6 is 0 Å². The predicted octanol–water partition coefficient (Wildman–Crippen LogP) is 0.753. The average molecular weight is 469 g/mol. The van der Waals surface area contributed by atoms with E-state index in [-0.39, 0.29) is 18.4 Å². The molecular formula is C24H32N6O4. The second-order valence-electron chi connectivity index (χ2n) is 8.87. The number of benzene rings is 1. The molecule has 4 amide bonds. The average Bonchev–Trinajstić information content (AvgIpc) is 3.03. The molecule has 0 bridgehead atoms. The number of carbonyl (C=O) groups is 3. The molecule has 1 aromatic heterocycles. The van der Waals surface area contributed by atoms with Crippen molar-refractivity contribution in [1.29, 1.82) is 0 Å². The monoisotopic (exact) mass is 468 g/mol. The molecule has 2 aromatic rings. The maximum atomic E-state index is 13.6. The minimum atomic E-state index is -0.655. The van der Waals surface area contributed by atoms with Crippen LogP contribution in [0.4, 0.5) is 4.79 Å². The highest BCUT2D eigenvalue weighted by Gasteiger charge is 2.39. The standard InChI is InChI=1S/C24H32N6O4/c1-17-6-3-4-7-18(17)13-29-16-26-19-12-20(30(14-21(19)29)22(31)15-34-2)23(32)27-8-5-9-28(11-10-27)24(25)33/h3-4,6-7,16,20H,5,8-15H2,1-2H3,(H2,25,33). The third-order valence-corrected chi connectivity index (χ3v) is 6.71. The fraction of sp³-hybridized carbons (Fsp3) is 0.500. The maximum Gasteiger partial charge on any atom is 0.314 e. The zero-order valence-corrected chi connectivity index (χ0v) is 19.8. The lowest BCUT2D eigenvalue weighted by molar-refractivity contribution is -0.149. The molecule has 1 atom stereocenters. The lowest BCUT2D eigenvalue weighted by Crippen LogP contribution is -2.55. The first-order valence-corrected chi connectivity index (χ1v) is 11.6. The van der Waals surface area contributed by atoms with E-state index in [4.69, 9.17) is 10.5 Å². The van der Waals surface area contributed by atoms with E-state index in [9.17, 15) is 14.4 Å². The fourth-order valence-electron chi connectivity index (χ4n) is 4.73. The van der Waals surface area contributed by atoms with E-state index in [1.165, 1.54) is 18.2 Å². The number of urea groups is 1. The second kappa shape index (κ2) is 10.3. The van der Waals surface area contributed by atoms with E-state index >= 15 is 0 Å². The van der Waals surface area contributed by atoms with Crippen molar-refractivity contribution in [2.75, 3.05) is 39.9 Å². The quantitative estimate of drug-likeness (QED) is 0.696. The number of nitrogens with zero attached hydrogens (tertiary/aromatic N) is 5. The SMILES string of the molecule is COCC(=O)N1Cc2c(ncn2Cc2ccccc2C)CC1C(=O)N1CCCN(C(N)=O)CC1. The van der Waals surface area contributed by atoms with Crippen LogP contribution in [0.15, 0.2) is 30.6 Å². The van der Waals surface area contributed by atoms with Gasteiger partial charge in [-0.15, -0.1) is 0 Å². The Labute approximate surface area is 199 Å². The number of nitrogens with two attached hydrogens (primary N) is 1. The molecule has 2 aliphatic heterocycles. The summed E-state index contributed by atoms with van der Waals surface area (Å²) in [7, 11) is 1.47. The Balaban J connectivity index is 1.57. The van der Waals surface area contributed by atoms with Gasteiger partial charge in [-0.2, -0.15) is 0 Å². The molecule has 1 aromatic carbocycles. The number of fused-ring (bicyclic) bond motifs is 1. The third kappa shape index (κ3) is 4.91. The summed E-state index contributed by atoms with van der Waals surface area (Å²) in [6.07, 6.45) is 2.78. The molecule has 1 fully saturated rings. The minimum Gasteiger partial charge on any atom is -0.375 e. The molecule has 0 aliphatic carbocycles. The first kappa shape index (κ1) is 23.7. The zero-order chi connectivity index (χ0) is 24.2. The number of methoxy groups -OCH3 is 1. The molecule has 34 heavy (non-hydrogen) atoms. The second-order valence-corrected chi connectivity index (χ2v) is 8.87. The van der Waals surface area contributed by atoms with E-state index in [0.29, 0.717) is 52.1 Å². The van der Waals surface area contributed by atoms with Gasteiger partial charge in [0.05, 0.1) is 24.3 Å². The third-order valence-electron chi connectivity index (χ3n) is 6.71. The topological polar surface area (TPSA) is 114 Å². The number of imidazole rings is 1. The van der Waals surface area contributed by atoms with Gasteiger partial charge in [0.25, 0.3) is 0 Å². The molecular weight excluding hydrogens is 436 g/mol. The van der Waals surface area contributed by atoms with Gasteiger partial charge < -0.3 is 29.7 Å². The highest BCUT2D eigenvalue weighted by Crippen LogP contribution is 2.26. The summed E-state index contributed by atoms with van der Waals surface area (Å²) in [5, 5.41) is 0. The maximum absolute atomic E-state index is 13.6. The Morgan fingerprint density at radius 3 is 2.59 bits per heavy atom. The number of carbonyl (C=O) groups excluding carboxylic acids is 3. The predicted molar refractivity (Wildman–Crippen MR) is 125 cm³/mol. The molecule has 0 spiro atoms. The Morgan fingerprint density at radius 1 is 1.12 bits per heavy atom. The van der Waals surface area contributed by atoms with Crippen LogP contribution in [0.2, 0.25) is 0 Å². The molecule has 0 saturated carbocycles. The Morgan fingerprint density at radius 2 is 1.85 bits per heavy atom. The van der Waals surface area contributed by atoms with Gasteiger partial charge in [-0.1, -0.05) is 24.3 Å². The van der Waals surface area contributed by atoms with Crippen molar-refractivity contribution in [3.8, 4) is 0 Å². The van der Waals surface area contributed by atoms with Crippen molar-refractivity contribution in [3.63, 3.8) is 0 Å². The van der Waals surface area contributed by atoms with Gasteiger partial charge in [0.2, 0.25) is 11.8 Å². The van der Waals surface area contributed by atoms with Gasteiger partial charge in [0.15, 0.2) is 0 Å². The van der Waals surface area contributed by atoms with Crippen LogP contribution in [0.1, 0.15) is 28.9 Å². The van der Waals surface area contributed by atoms with Crippen molar-refractivity contribution in [2.45, 2.75) is 38.9 Å². The molecule has 3 heterocycles. The van der Waals surface area contributed by atoms with Gasteiger partial charge in [-0.05, 0) is 24.5 Å². The summed E-state index contributed by atoms with van der Waals surface area (Å²) in [4.78, 5) is 47.6. The first-order chi connectivity index (χ1) is 16.4. The summed E-state index contributed by atoms with van der Waals surface area (Å²) < 4.78 is 7.16. The first-order valence-electron chi connectivity index (χ1n) is 11.6.